The molecule has 0 aliphatic heterocycles. The molecule has 0 bridgehead atoms. The molecule has 0 aliphatic rings. The molecule has 1 aromatic carbocycles. The van der Waals surface area contributed by atoms with E-state index >= 15 is 0 Å². The molecule has 0 spiro atoms. The normalized spacial score (nSPS) is 13.9. The Kier molecular flexibility index (Phi) is 5.95. The van der Waals surface area contributed by atoms with Gasteiger partial charge in [-0.05, 0) is 41.6 Å². The van der Waals surface area contributed by atoms with Gasteiger partial charge in [0.25, 0.3) is 5.69 Å². The minimum Gasteiger partial charge on any atom is -0.388 e. The number of nitro benzene ring substituents is 1. The number of halogens is 1. The molecule has 106 valence electrons. The van der Waals surface area contributed by atoms with Crippen LogP contribution in [-0.4, -0.2) is 35.9 Å². The first-order valence-corrected chi connectivity index (χ1v) is 6.83. The zero-order chi connectivity index (χ0) is 14.5. The third-order valence-electron chi connectivity index (χ3n) is 2.66. The summed E-state index contributed by atoms with van der Waals surface area (Å²) in [5.41, 5.74) is -0.0616. The molecule has 0 aromatic heterocycles. The standard InChI is InChI=1S/C12H17IN2O4/c1-12(16,5-6-19-2)8-14-9-3-4-11(15(17)18)10(13)7-9/h3-4,7,14,16H,5-6,8H2,1-2H3. The number of hydrogen-bond donors (Lipinski definition) is 2. The number of rotatable bonds is 7. The van der Waals surface area contributed by atoms with Crippen LogP contribution in [0.15, 0.2) is 18.2 Å². The van der Waals surface area contributed by atoms with Crippen molar-refractivity contribution in [3.05, 3.63) is 31.9 Å². The van der Waals surface area contributed by atoms with Gasteiger partial charge in [0.05, 0.1) is 14.1 Å². The van der Waals surface area contributed by atoms with E-state index in [0.717, 1.165) is 5.69 Å². The van der Waals surface area contributed by atoms with Gasteiger partial charge in [0.15, 0.2) is 0 Å². The van der Waals surface area contributed by atoms with Gasteiger partial charge in [0, 0.05) is 38.4 Å². The summed E-state index contributed by atoms with van der Waals surface area (Å²) in [6.45, 7) is 2.55. The molecule has 6 nitrogen and oxygen atoms in total. The number of nitrogens with zero attached hydrogens (tertiary/aromatic N) is 1. The van der Waals surface area contributed by atoms with Crippen LogP contribution in [0, 0.1) is 13.7 Å². The molecule has 1 rings (SSSR count). The van der Waals surface area contributed by atoms with Gasteiger partial charge in [0.2, 0.25) is 0 Å². The quantitative estimate of drug-likeness (QED) is 0.431. The lowest BCUT2D eigenvalue weighted by molar-refractivity contribution is -0.385. The summed E-state index contributed by atoms with van der Waals surface area (Å²) < 4.78 is 5.49. The summed E-state index contributed by atoms with van der Waals surface area (Å²) in [6.07, 6.45) is 0.514. The second kappa shape index (κ2) is 7.01. The van der Waals surface area contributed by atoms with Crippen LogP contribution < -0.4 is 5.32 Å². The average Bonchev–Trinajstić information content (AvgIpc) is 2.34. The molecule has 0 saturated carbocycles. The van der Waals surface area contributed by atoms with Gasteiger partial charge in [-0.25, -0.2) is 0 Å². The molecule has 1 unspecified atom stereocenters. The zero-order valence-electron chi connectivity index (χ0n) is 10.9. The molecule has 0 fully saturated rings. The number of benzene rings is 1. The molecular formula is C12H17IN2O4. The third kappa shape index (κ3) is 5.29. The van der Waals surface area contributed by atoms with Gasteiger partial charge >= 0.3 is 0 Å². The first-order valence-electron chi connectivity index (χ1n) is 5.75. The Morgan fingerprint density at radius 1 is 1.58 bits per heavy atom. The highest BCUT2D eigenvalue weighted by atomic mass is 127. The van der Waals surface area contributed by atoms with Gasteiger partial charge < -0.3 is 15.2 Å². The lowest BCUT2D eigenvalue weighted by atomic mass is 10.0. The smallest absolute Gasteiger partial charge is 0.282 e. The van der Waals surface area contributed by atoms with Crippen molar-refractivity contribution < 1.29 is 14.8 Å². The van der Waals surface area contributed by atoms with Crippen LogP contribution in [0.2, 0.25) is 0 Å². The summed E-state index contributed by atoms with van der Waals surface area (Å²) >= 11 is 1.92. The Morgan fingerprint density at radius 2 is 2.26 bits per heavy atom. The molecule has 0 aliphatic carbocycles. The van der Waals surface area contributed by atoms with E-state index < -0.39 is 10.5 Å². The fraction of sp³-hybridized carbons (Fsp3) is 0.500. The molecule has 0 radical (unpaired) electrons. The topological polar surface area (TPSA) is 84.6 Å². The van der Waals surface area contributed by atoms with Crippen molar-refractivity contribution >= 4 is 34.0 Å². The summed E-state index contributed by atoms with van der Waals surface area (Å²) in [5.74, 6) is 0. The predicted octanol–water partition coefficient (Wildman–Crippen LogP) is 2.40. The molecule has 19 heavy (non-hydrogen) atoms. The zero-order valence-corrected chi connectivity index (χ0v) is 13.0. The molecule has 1 atom stereocenters. The fourth-order valence-electron chi connectivity index (χ4n) is 1.47. The predicted molar refractivity (Wildman–Crippen MR) is 81.4 cm³/mol. The SMILES string of the molecule is COCCC(C)(O)CNc1ccc([N+](=O)[O-])c(I)c1. The lowest BCUT2D eigenvalue weighted by Crippen LogP contribution is -2.34. The Hall–Kier alpha value is -0.930. The first-order chi connectivity index (χ1) is 8.85. The van der Waals surface area contributed by atoms with Gasteiger partial charge in [0.1, 0.15) is 0 Å². The third-order valence-corrected chi connectivity index (χ3v) is 3.53. The maximum Gasteiger partial charge on any atom is 0.282 e. The van der Waals surface area contributed by atoms with Crippen LogP contribution >= 0.6 is 22.6 Å². The van der Waals surface area contributed by atoms with Crippen molar-refractivity contribution in [2.45, 2.75) is 18.9 Å². The number of aliphatic hydroxyl groups is 1. The number of hydrogen-bond acceptors (Lipinski definition) is 5. The van der Waals surface area contributed by atoms with Crippen LogP contribution in [0.4, 0.5) is 11.4 Å². The van der Waals surface area contributed by atoms with Crippen molar-refractivity contribution in [1.82, 2.24) is 0 Å². The highest BCUT2D eigenvalue weighted by Gasteiger charge is 2.20. The van der Waals surface area contributed by atoms with Crippen LogP contribution in [0.3, 0.4) is 0 Å². The molecule has 0 saturated heterocycles. The summed E-state index contributed by atoms with van der Waals surface area (Å²) in [7, 11) is 1.59. The maximum atomic E-state index is 10.7. The van der Waals surface area contributed by atoms with Crippen molar-refractivity contribution in [2.75, 3.05) is 25.6 Å². The number of nitro groups is 1. The van der Waals surface area contributed by atoms with Crippen LogP contribution in [0.5, 0.6) is 0 Å². The number of nitrogens with one attached hydrogen (secondary N) is 1. The van der Waals surface area contributed by atoms with Gasteiger partial charge in [-0.2, -0.15) is 0 Å². The number of ether oxygens (including phenoxy) is 1. The molecule has 0 heterocycles. The van der Waals surface area contributed by atoms with Gasteiger partial charge in [-0.3, -0.25) is 10.1 Å². The molecule has 7 heteroatoms. The second-order valence-electron chi connectivity index (χ2n) is 4.52. The largest absolute Gasteiger partial charge is 0.388 e. The van der Waals surface area contributed by atoms with Crippen molar-refractivity contribution in [3.63, 3.8) is 0 Å². The highest BCUT2D eigenvalue weighted by molar-refractivity contribution is 14.1. The van der Waals surface area contributed by atoms with Crippen molar-refractivity contribution in [3.8, 4) is 0 Å². The van der Waals surface area contributed by atoms with Gasteiger partial charge in [-0.15, -0.1) is 0 Å². The minimum absolute atomic E-state index is 0.0808. The van der Waals surface area contributed by atoms with E-state index in [0.29, 0.717) is 23.1 Å². The average molecular weight is 380 g/mol. The summed E-state index contributed by atoms with van der Waals surface area (Å²) in [5, 5.41) is 23.8. The Labute approximate surface area is 125 Å². The summed E-state index contributed by atoms with van der Waals surface area (Å²) in [4.78, 5) is 10.3. The van der Waals surface area contributed by atoms with Crippen LogP contribution in [0.25, 0.3) is 0 Å². The Balaban J connectivity index is 2.63. The molecular weight excluding hydrogens is 363 g/mol. The minimum atomic E-state index is -0.886. The number of methoxy groups -OCH3 is 1. The van der Waals surface area contributed by atoms with Crippen LogP contribution in [-0.2, 0) is 4.74 Å². The first kappa shape index (κ1) is 16.1. The molecule has 2 N–H and O–H groups in total. The van der Waals surface area contributed by atoms with E-state index in [4.69, 9.17) is 4.74 Å². The van der Waals surface area contributed by atoms with E-state index in [1.165, 1.54) is 6.07 Å². The number of anilines is 1. The second-order valence-corrected chi connectivity index (χ2v) is 5.68. The van der Waals surface area contributed by atoms with Gasteiger partial charge in [-0.1, -0.05) is 0 Å². The van der Waals surface area contributed by atoms with E-state index in [2.05, 4.69) is 5.32 Å². The summed E-state index contributed by atoms with van der Waals surface area (Å²) in [6, 6.07) is 4.77. The van der Waals surface area contributed by atoms with E-state index in [-0.39, 0.29) is 5.69 Å². The Bertz CT molecular complexity index is 451. The maximum absolute atomic E-state index is 10.7. The van der Waals surface area contributed by atoms with Crippen molar-refractivity contribution in [1.29, 1.82) is 0 Å². The monoisotopic (exact) mass is 380 g/mol. The Morgan fingerprint density at radius 3 is 2.79 bits per heavy atom. The highest BCUT2D eigenvalue weighted by Crippen LogP contribution is 2.24. The fourth-order valence-corrected chi connectivity index (χ4v) is 2.18. The van der Waals surface area contributed by atoms with E-state index in [1.54, 1.807) is 26.2 Å². The lowest BCUT2D eigenvalue weighted by Gasteiger charge is -2.23. The van der Waals surface area contributed by atoms with E-state index in [1.807, 2.05) is 22.6 Å². The van der Waals surface area contributed by atoms with Crippen molar-refractivity contribution in [2.24, 2.45) is 0 Å². The van der Waals surface area contributed by atoms with Crippen LogP contribution in [0.1, 0.15) is 13.3 Å². The molecule has 1 aromatic rings. The molecule has 0 amide bonds. The van der Waals surface area contributed by atoms with E-state index in [9.17, 15) is 15.2 Å².